The molecule has 0 bridgehead atoms. The molecule has 3 N–H and O–H groups in total. The fraction of sp³-hybridized carbons (Fsp3) is 0.118. The number of pyridine rings is 1. The van der Waals surface area contributed by atoms with Crippen molar-refractivity contribution in [3.8, 4) is 0 Å². The van der Waals surface area contributed by atoms with E-state index < -0.39 is 0 Å². The van der Waals surface area contributed by atoms with Crippen LogP contribution in [0.2, 0.25) is 0 Å². The zero-order chi connectivity index (χ0) is 13.9. The second-order valence-corrected chi connectivity index (χ2v) is 4.93. The van der Waals surface area contributed by atoms with Crippen LogP contribution >= 0.6 is 0 Å². The molecule has 100 valence electrons. The highest BCUT2D eigenvalue weighted by Crippen LogP contribution is 2.27. The first-order valence-electron chi connectivity index (χ1n) is 6.66. The molecular weight excluding hydrogens is 246 g/mol. The summed E-state index contributed by atoms with van der Waals surface area (Å²) in [6, 6.07) is 18.5. The van der Waals surface area contributed by atoms with Crippen LogP contribution < -0.4 is 11.3 Å². The highest BCUT2D eigenvalue weighted by atomic mass is 15.2. The van der Waals surface area contributed by atoms with Crippen LogP contribution in [0.25, 0.3) is 10.9 Å². The third kappa shape index (κ3) is 2.29. The lowest BCUT2D eigenvalue weighted by molar-refractivity contribution is 0.641. The molecule has 0 amide bonds. The number of hydrazine groups is 1. The van der Waals surface area contributed by atoms with E-state index in [2.05, 4.69) is 53.7 Å². The van der Waals surface area contributed by atoms with E-state index in [-0.39, 0.29) is 6.04 Å². The molecule has 0 aliphatic carbocycles. The summed E-state index contributed by atoms with van der Waals surface area (Å²) >= 11 is 0. The van der Waals surface area contributed by atoms with Crippen LogP contribution in [-0.4, -0.2) is 4.98 Å². The van der Waals surface area contributed by atoms with E-state index in [4.69, 9.17) is 5.84 Å². The summed E-state index contributed by atoms with van der Waals surface area (Å²) in [5.74, 6) is 5.80. The molecule has 3 heteroatoms. The van der Waals surface area contributed by atoms with Gasteiger partial charge in [-0.2, -0.15) is 0 Å². The van der Waals surface area contributed by atoms with E-state index in [1.54, 1.807) is 0 Å². The molecule has 3 aromatic rings. The molecule has 3 rings (SSSR count). The van der Waals surface area contributed by atoms with Crippen molar-refractivity contribution >= 4 is 10.9 Å². The second kappa shape index (κ2) is 5.41. The number of rotatable bonds is 3. The molecule has 3 nitrogen and oxygen atoms in total. The number of nitrogens with two attached hydrogens (primary N) is 1. The number of nitrogens with zero attached hydrogens (tertiary/aromatic N) is 1. The van der Waals surface area contributed by atoms with Gasteiger partial charge in [0.25, 0.3) is 0 Å². The standard InChI is InChI=1S/C17H17N3/c1-12-7-9-13(10-8-12)17(20-18)15-4-2-6-16-14(15)5-3-11-19-16/h2-11,17,20H,18H2,1H3. The Balaban J connectivity index is 2.14. The van der Waals surface area contributed by atoms with Gasteiger partial charge in [-0.05, 0) is 30.2 Å². The van der Waals surface area contributed by atoms with Gasteiger partial charge in [-0.3, -0.25) is 10.8 Å². The molecule has 2 aromatic carbocycles. The molecule has 0 aliphatic rings. The minimum Gasteiger partial charge on any atom is -0.271 e. The summed E-state index contributed by atoms with van der Waals surface area (Å²) in [7, 11) is 0. The fourth-order valence-corrected chi connectivity index (χ4v) is 2.50. The van der Waals surface area contributed by atoms with Gasteiger partial charge >= 0.3 is 0 Å². The van der Waals surface area contributed by atoms with Gasteiger partial charge in [0.05, 0.1) is 11.6 Å². The van der Waals surface area contributed by atoms with Gasteiger partial charge in [-0.25, -0.2) is 5.43 Å². The maximum absolute atomic E-state index is 5.80. The quantitative estimate of drug-likeness (QED) is 0.564. The van der Waals surface area contributed by atoms with Gasteiger partial charge in [0.2, 0.25) is 0 Å². The predicted molar refractivity (Wildman–Crippen MR) is 82.1 cm³/mol. The Labute approximate surface area is 118 Å². The van der Waals surface area contributed by atoms with Crippen LogP contribution in [0.15, 0.2) is 60.8 Å². The lowest BCUT2D eigenvalue weighted by Crippen LogP contribution is -2.29. The molecule has 1 unspecified atom stereocenters. The van der Waals surface area contributed by atoms with Crippen LogP contribution in [0.4, 0.5) is 0 Å². The second-order valence-electron chi connectivity index (χ2n) is 4.93. The number of hydrogen-bond donors (Lipinski definition) is 2. The molecule has 1 atom stereocenters. The van der Waals surface area contributed by atoms with Gasteiger partial charge in [0, 0.05) is 11.6 Å². The molecular formula is C17H17N3. The number of aromatic nitrogens is 1. The monoisotopic (exact) mass is 263 g/mol. The first-order valence-corrected chi connectivity index (χ1v) is 6.66. The van der Waals surface area contributed by atoms with Gasteiger partial charge in [-0.15, -0.1) is 0 Å². The smallest absolute Gasteiger partial charge is 0.0716 e. The number of fused-ring (bicyclic) bond motifs is 1. The maximum Gasteiger partial charge on any atom is 0.0716 e. The van der Waals surface area contributed by atoms with Crippen molar-refractivity contribution < 1.29 is 0 Å². The van der Waals surface area contributed by atoms with Crippen molar-refractivity contribution in [2.45, 2.75) is 13.0 Å². The lowest BCUT2D eigenvalue weighted by atomic mass is 9.95. The largest absolute Gasteiger partial charge is 0.271 e. The van der Waals surface area contributed by atoms with E-state index in [0.717, 1.165) is 22.0 Å². The summed E-state index contributed by atoms with van der Waals surface area (Å²) in [6.07, 6.45) is 1.81. The van der Waals surface area contributed by atoms with Crippen molar-refractivity contribution in [1.82, 2.24) is 10.4 Å². The normalized spacial score (nSPS) is 12.5. The molecule has 0 aliphatic heterocycles. The third-order valence-corrected chi connectivity index (χ3v) is 3.57. The fourth-order valence-electron chi connectivity index (χ4n) is 2.50. The summed E-state index contributed by atoms with van der Waals surface area (Å²) < 4.78 is 0. The van der Waals surface area contributed by atoms with Crippen LogP contribution in [-0.2, 0) is 0 Å². The first-order chi connectivity index (χ1) is 9.79. The minimum atomic E-state index is -0.0384. The Hall–Kier alpha value is -2.23. The summed E-state index contributed by atoms with van der Waals surface area (Å²) in [5.41, 5.74) is 7.43. The Morgan fingerprint density at radius 2 is 1.80 bits per heavy atom. The summed E-state index contributed by atoms with van der Waals surface area (Å²) in [6.45, 7) is 2.08. The van der Waals surface area contributed by atoms with Crippen LogP contribution in [0.5, 0.6) is 0 Å². The van der Waals surface area contributed by atoms with Crippen LogP contribution in [0.1, 0.15) is 22.7 Å². The average molecular weight is 263 g/mol. The van der Waals surface area contributed by atoms with Gasteiger partial charge in [0.15, 0.2) is 0 Å². The molecule has 0 saturated carbocycles. The van der Waals surface area contributed by atoms with Crippen LogP contribution in [0, 0.1) is 6.92 Å². The van der Waals surface area contributed by atoms with Gasteiger partial charge in [0.1, 0.15) is 0 Å². The molecule has 0 saturated heterocycles. The highest BCUT2D eigenvalue weighted by molar-refractivity contribution is 5.82. The minimum absolute atomic E-state index is 0.0384. The maximum atomic E-state index is 5.80. The predicted octanol–water partition coefficient (Wildman–Crippen LogP) is 3.10. The van der Waals surface area contributed by atoms with E-state index in [1.165, 1.54) is 5.56 Å². The van der Waals surface area contributed by atoms with Crippen molar-refractivity contribution in [2.24, 2.45) is 5.84 Å². The van der Waals surface area contributed by atoms with E-state index in [1.807, 2.05) is 24.4 Å². The molecule has 20 heavy (non-hydrogen) atoms. The zero-order valence-electron chi connectivity index (χ0n) is 11.4. The highest BCUT2D eigenvalue weighted by Gasteiger charge is 2.15. The Kier molecular flexibility index (Phi) is 3.46. The zero-order valence-corrected chi connectivity index (χ0v) is 11.4. The lowest BCUT2D eigenvalue weighted by Gasteiger charge is -2.19. The third-order valence-electron chi connectivity index (χ3n) is 3.57. The summed E-state index contributed by atoms with van der Waals surface area (Å²) in [4.78, 5) is 4.40. The Morgan fingerprint density at radius 3 is 2.55 bits per heavy atom. The molecule has 0 spiro atoms. The Bertz CT molecular complexity index is 714. The molecule has 0 radical (unpaired) electrons. The van der Waals surface area contributed by atoms with E-state index >= 15 is 0 Å². The first kappa shape index (κ1) is 12.8. The number of benzene rings is 2. The average Bonchev–Trinajstić information content (AvgIpc) is 2.50. The van der Waals surface area contributed by atoms with E-state index in [9.17, 15) is 0 Å². The van der Waals surface area contributed by atoms with Gasteiger partial charge < -0.3 is 0 Å². The molecule has 1 heterocycles. The van der Waals surface area contributed by atoms with Gasteiger partial charge in [-0.1, -0.05) is 48.0 Å². The van der Waals surface area contributed by atoms with Crippen molar-refractivity contribution in [3.63, 3.8) is 0 Å². The SMILES string of the molecule is Cc1ccc(C(NN)c2cccc3ncccc23)cc1. The number of nitrogens with one attached hydrogen (secondary N) is 1. The molecule has 0 fully saturated rings. The van der Waals surface area contributed by atoms with Crippen LogP contribution in [0.3, 0.4) is 0 Å². The molecule has 1 aromatic heterocycles. The number of aryl methyl sites for hydroxylation is 1. The number of hydrogen-bond acceptors (Lipinski definition) is 3. The van der Waals surface area contributed by atoms with Crippen molar-refractivity contribution in [1.29, 1.82) is 0 Å². The van der Waals surface area contributed by atoms with Crippen molar-refractivity contribution in [2.75, 3.05) is 0 Å². The van der Waals surface area contributed by atoms with Crippen molar-refractivity contribution in [3.05, 3.63) is 77.5 Å². The Morgan fingerprint density at radius 1 is 1.00 bits per heavy atom. The van der Waals surface area contributed by atoms with E-state index in [0.29, 0.717) is 0 Å². The summed E-state index contributed by atoms with van der Waals surface area (Å²) in [5, 5.41) is 1.12. The topological polar surface area (TPSA) is 50.9 Å².